The number of rotatable bonds is 6. The van der Waals surface area contributed by atoms with Crippen LogP contribution in [-0.2, 0) is 46.8 Å². The van der Waals surface area contributed by atoms with Gasteiger partial charge in [0.25, 0.3) is 5.91 Å². The SMILES string of the molecule is CN(C)c1cccc2c1CCN(C(=O)O[C@@H]1C[C@H]3C(=O)N[C@]4(C(=O)NS(=O)(=O)C5CC5)C[C@H]4C=CCCCCC[C@H](NC(=O)OC(C)(C)C)C(=O)N3C1)C2. The number of hydrogen-bond acceptors (Lipinski definition) is 10. The zero-order valence-electron chi connectivity index (χ0n) is 31.9. The van der Waals surface area contributed by atoms with Crippen LogP contribution >= 0.6 is 0 Å². The van der Waals surface area contributed by atoms with Crippen LogP contribution in [0, 0.1) is 5.92 Å². The lowest BCUT2D eigenvalue weighted by atomic mass is 9.97. The number of carbonyl (C=O) groups excluding carboxylic acids is 5. The number of hydrogen-bond donors (Lipinski definition) is 3. The minimum atomic E-state index is -3.90. The van der Waals surface area contributed by atoms with Crippen molar-refractivity contribution in [3.63, 3.8) is 0 Å². The van der Waals surface area contributed by atoms with Gasteiger partial charge in [-0.1, -0.05) is 37.1 Å². The topological polar surface area (TPSA) is 184 Å². The molecule has 5 atom stereocenters. The van der Waals surface area contributed by atoms with Crippen LogP contribution in [0.1, 0.15) is 89.7 Å². The number of allylic oxidation sites excluding steroid dienone is 1. The number of anilines is 1. The second-order valence-electron chi connectivity index (χ2n) is 16.4. The maximum absolute atomic E-state index is 14.4. The molecule has 2 aliphatic carbocycles. The van der Waals surface area contributed by atoms with Crippen LogP contribution in [0.15, 0.2) is 30.4 Å². The minimum absolute atomic E-state index is 0.0593. The molecule has 1 aromatic rings. The monoisotopic (exact) mass is 770 g/mol. The van der Waals surface area contributed by atoms with Crippen molar-refractivity contribution < 1.29 is 41.9 Å². The second-order valence-corrected chi connectivity index (χ2v) is 18.4. The molecule has 0 spiro atoms. The third-order valence-corrected chi connectivity index (χ3v) is 12.6. The van der Waals surface area contributed by atoms with E-state index in [0.29, 0.717) is 45.2 Å². The van der Waals surface area contributed by atoms with Gasteiger partial charge in [-0.2, -0.15) is 0 Å². The maximum Gasteiger partial charge on any atom is 0.410 e. The Labute approximate surface area is 317 Å². The third kappa shape index (κ3) is 8.95. The first-order valence-corrected chi connectivity index (χ1v) is 20.6. The van der Waals surface area contributed by atoms with Crippen molar-refractivity contribution in [1.82, 2.24) is 25.2 Å². The van der Waals surface area contributed by atoms with E-state index < -0.39 is 80.4 Å². The number of fused-ring (bicyclic) bond motifs is 3. The van der Waals surface area contributed by atoms with Gasteiger partial charge in [-0.05, 0) is 82.9 Å². The molecule has 3 aliphatic heterocycles. The molecular weight excluding hydrogens is 717 g/mol. The first-order valence-electron chi connectivity index (χ1n) is 19.1. The molecule has 296 valence electrons. The summed E-state index contributed by atoms with van der Waals surface area (Å²) in [6, 6.07) is 3.76. The number of sulfonamides is 1. The summed E-state index contributed by atoms with van der Waals surface area (Å²) in [5.41, 5.74) is 0.916. The molecule has 5 amide bonds. The van der Waals surface area contributed by atoms with Crippen molar-refractivity contribution in [1.29, 1.82) is 0 Å². The average molecular weight is 771 g/mol. The largest absolute Gasteiger partial charge is 0.444 e. The van der Waals surface area contributed by atoms with Gasteiger partial charge < -0.3 is 34.8 Å². The van der Waals surface area contributed by atoms with Gasteiger partial charge in [-0.3, -0.25) is 19.1 Å². The van der Waals surface area contributed by atoms with Crippen molar-refractivity contribution in [3.8, 4) is 0 Å². The maximum atomic E-state index is 14.4. The van der Waals surface area contributed by atoms with E-state index in [1.165, 1.54) is 10.5 Å². The second kappa shape index (κ2) is 15.4. The van der Waals surface area contributed by atoms with Crippen LogP contribution in [0.2, 0.25) is 0 Å². The van der Waals surface area contributed by atoms with Gasteiger partial charge in [-0.25, -0.2) is 18.0 Å². The summed E-state index contributed by atoms with van der Waals surface area (Å²) >= 11 is 0. The Balaban J connectivity index is 1.24. The molecule has 16 heteroatoms. The van der Waals surface area contributed by atoms with Gasteiger partial charge in [0.1, 0.15) is 29.3 Å². The Morgan fingerprint density at radius 1 is 1.06 bits per heavy atom. The van der Waals surface area contributed by atoms with E-state index in [2.05, 4.69) is 15.4 Å². The zero-order chi connectivity index (χ0) is 39.0. The normalized spacial score (nSPS) is 27.6. The Bertz CT molecular complexity index is 1790. The predicted molar refractivity (Wildman–Crippen MR) is 200 cm³/mol. The highest BCUT2D eigenvalue weighted by Gasteiger charge is 2.62. The van der Waals surface area contributed by atoms with Crippen molar-refractivity contribution in [2.45, 2.75) is 126 Å². The molecule has 5 aliphatic rings. The Morgan fingerprint density at radius 3 is 2.52 bits per heavy atom. The van der Waals surface area contributed by atoms with Gasteiger partial charge >= 0.3 is 12.2 Å². The minimum Gasteiger partial charge on any atom is -0.444 e. The van der Waals surface area contributed by atoms with E-state index in [0.717, 1.165) is 24.1 Å². The molecule has 0 unspecified atom stereocenters. The van der Waals surface area contributed by atoms with Gasteiger partial charge in [0.05, 0.1) is 11.8 Å². The molecule has 1 saturated heterocycles. The molecule has 1 aromatic carbocycles. The number of ether oxygens (including phenoxy) is 2. The van der Waals surface area contributed by atoms with Gasteiger partial charge in [0, 0.05) is 45.2 Å². The van der Waals surface area contributed by atoms with Crippen molar-refractivity contribution in [2.24, 2.45) is 5.92 Å². The Morgan fingerprint density at radius 2 is 1.81 bits per heavy atom. The van der Waals surface area contributed by atoms with E-state index in [4.69, 9.17) is 9.47 Å². The third-order valence-electron chi connectivity index (χ3n) is 10.8. The average Bonchev–Trinajstić information content (AvgIpc) is 4.02. The molecule has 54 heavy (non-hydrogen) atoms. The van der Waals surface area contributed by atoms with Gasteiger partial charge in [0.2, 0.25) is 21.8 Å². The lowest BCUT2D eigenvalue weighted by molar-refractivity contribution is -0.141. The fraction of sp³-hybridized carbons (Fsp3) is 0.658. The number of amides is 5. The molecular formula is C38H54N6O9S. The summed E-state index contributed by atoms with van der Waals surface area (Å²) in [7, 11) is 0.0471. The van der Waals surface area contributed by atoms with Crippen LogP contribution in [0.25, 0.3) is 0 Å². The lowest BCUT2D eigenvalue weighted by Gasteiger charge is -2.31. The van der Waals surface area contributed by atoms with E-state index >= 15 is 0 Å². The zero-order valence-corrected chi connectivity index (χ0v) is 32.7. The molecule has 6 rings (SSSR count). The summed E-state index contributed by atoms with van der Waals surface area (Å²) in [5, 5.41) is 4.90. The molecule has 3 fully saturated rings. The first-order chi connectivity index (χ1) is 25.5. The number of benzene rings is 1. The first kappa shape index (κ1) is 39.4. The van der Waals surface area contributed by atoms with Crippen LogP contribution in [-0.4, -0.2) is 110 Å². The Kier molecular flexibility index (Phi) is 11.2. The fourth-order valence-electron chi connectivity index (χ4n) is 7.68. The number of nitrogens with one attached hydrogen (secondary N) is 3. The summed E-state index contributed by atoms with van der Waals surface area (Å²) in [6.07, 6.45) is 6.33. The Hall–Kier alpha value is -4.34. The highest BCUT2D eigenvalue weighted by Crippen LogP contribution is 2.46. The van der Waals surface area contributed by atoms with Crippen molar-refractivity contribution in [3.05, 3.63) is 41.5 Å². The molecule has 2 saturated carbocycles. The molecule has 3 heterocycles. The highest BCUT2D eigenvalue weighted by atomic mass is 32.2. The number of nitrogens with zero attached hydrogens (tertiary/aromatic N) is 3. The fourth-order valence-corrected chi connectivity index (χ4v) is 9.04. The molecule has 15 nitrogen and oxygen atoms in total. The summed E-state index contributed by atoms with van der Waals surface area (Å²) in [6.45, 7) is 5.79. The van der Waals surface area contributed by atoms with Gasteiger partial charge in [-0.15, -0.1) is 0 Å². The van der Waals surface area contributed by atoms with Gasteiger partial charge in [0.15, 0.2) is 0 Å². The van der Waals surface area contributed by atoms with E-state index in [1.54, 1.807) is 25.7 Å². The summed E-state index contributed by atoms with van der Waals surface area (Å²) in [4.78, 5) is 73.9. The van der Waals surface area contributed by atoms with Crippen molar-refractivity contribution >= 4 is 45.6 Å². The standard InChI is InChI=1S/C38H54N6O9S/c1-37(2,3)53-35(48)39-29-14-10-8-6-7-9-13-25-21-38(25,34(47)41-54(50,51)27-16-17-27)40-32(45)31-20-26(23-44(31)33(29)46)52-36(49)43-19-18-28-24(22-43)12-11-15-30(28)42(4)5/h9,11-13,15,25-27,29,31H,6-8,10,14,16-23H2,1-5H3,(H,39,48)(H,40,45)(H,41,47)/t25-,26-,29+,31+,38-/m1/s1. The quantitative estimate of drug-likeness (QED) is 0.364. The predicted octanol–water partition coefficient (Wildman–Crippen LogP) is 3.11. The van der Waals surface area contributed by atoms with Crippen LogP contribution < -0.4 is 20.3 Å². The van der Waals surface area contributed by atoms with Crippen LogP contribution in [0.5, 0.6) is 0 Å². The van der Waals surface area contributed by atoms with Crippen LogP contribution in [0.3, 0.4) is 0 Å². The van der Waals surface area contributed by atoms with Crippen molar-refractivity contribution in [2.75, 3.05) is 32.1 Å². The number of alkyl carbamates (subject to hydrolysis) is 1. The molecule has 0 aromatic heterocycles. The van der Waals surface area contributed by atoms with E-state index in [9.17, 15) is 32.4 Å². The van der Waals surface area contributed by atoms with E-state index in [-0.39, 0.29) is 25.8 Å². The lowest BCUT2D eigenvalue weighted by Crippen LogP contribution is -2.58. The van der Waals surface area contributed by atoms with Crippen LogP contribution in [0.4, 0.5) is 15.3 Å². The van der Waals surface area contributed by atoms with E-state index in [1.807, 2.05) is 49.3 Å². The summed E-state index contributed by atoms with van der Waals surface area (Å²) < 4.78 is 39.3. The summed E-state index contributed by atoms with van der Waals surface area (Å²) in [5.74, 6) is -2.48. The smallest absolute Gasteiger partial charge is 0.410 e. The molecule has 0 bridgehead atoms. The molecule has 3 N–H and O–H groups in total. The number of carbonyl (C=O) groups is 5. The molecule has 0 radical (unpaired) electrons. The highest BCUT2D eigenvalue weighted by molar-refractivity contribution is 7.91.